The van der Waals surface area contributed by atoms with Crippen LogP contribution in [-0.4, -0.2) is 62.9 Å². The molecule has 2 unspecified atom stereocenters. The van der Waals surface area contributed by atoms with Crippen LogP contribution in [0.3, 0.4) is 0 Å². The van der Waals surface area contributed by atoms with E-state index < -0.39 is 5.82 Å². The van der Waals surface area contributed by atoms with Crippen LogP contribution in [0.15, 0.2) is 17.4 Å². The van der Waals surface area contributed by atoms with Gasteiger partial charge in [-0.05, 0) is 26.3 Å². The van der Waals surface area contributed by atoms with Crippen molar-refractivity contribution in [3.05, 3.63) is 28.9 Å². The molecule has 4 rings (SSSR count). The van der Waals surface area contributed by atoms with Crippen molar-refractivity contribution in [2.45, 2.75) is 37.2 Å². The number of nitrogens with one attached hydrogen (secondary N) is 2. The number of anilines is 1. The third-order valence-electron chi connectivity index (χ3n) is 5.41. The van der Waals surface area contributed by atoms with Crippen LogP contribution in [0.2, 0.25) is 0 Å². The van der Waals surface area contributed by atoms with Crippen LogP contribution in [0.4, 0.5) is 10.2 Å². The van der Waals surface area contributed by atoms with E-state index in [2.05, 4.69) is 25.3 Å². The molecule has 1 fully saturated rings. The van der Waals surface area contributed by atoms with E-state index in [9.17, 15) is 9.18 Å². The van der Waals surface area contributed by atoms with Crippen molar-refractivity contribution in [2.75, 3.05) is 25.0 Å². The van der Waals surface area contributed by atoms with Crippen LogP contribution in [-0.2, 0) is 4.79 Å². The highest BCUT2D eigenvalue weighted by Gasteiger charge is 2.27. The summed E-state index contributed by atoms with van der Waals surface area (Å²) in [7, 11) is 0. The number of rotatable bonds is 5. The largest absolute Gasteiger partial charge is 0.368 e. The second kappa shape index (κ2) is 8.08. The van der Waals surface area contributed by atoms with E-state index >= 15 is 0 Å². The normalized spacial score (nSPS) is 22.9. The standard InChI is InChI=1S/C19H23ClFN7O/c1-10(16(22)29)28-4-2-3-12(9-28)26-19-15(21)8-25-18(27-19)14-7-24-17-13(14)5-11(20)6-23-17/h5,7-8,10-12H,2-4,6,9H2,1H3,(H2,22,29)(H,23,24)(H,25,26,27)/t10?,11?,12-/m0/s1. The van der Waals surface area contributed by atoms with Crippen molar-refractivity contribution in [3.63, 3.8) is 0 Å². The van der Waals surface area contributed by atoms with E-state index in [1.165, 1.54) is 0 Å². The maximum Gasteiger partial charge on any atom is 0.234 e. The number of carbonyl (C=O) groups excluding carboxylic acids is 1. The van der Waals surface area contributed by atoms with Crippen LogP contribution in [0.1, 0.15) is 19.8 Å². The van der Waals surface area contributed by atoms with Gasteiger partial charge in [0.25, 0.3) is 0 Å². The van der Waals surface area contributed by atoms with Gasteiger partial charge in [0.15, 0.2) is 17.5 Å². The summed E-state index contributed by atoms with van der Waals surface area (Å²) in [6, 6.07) is -0.406. The first kappa shape index (κ1) is 19.8. The Morgan fingerprint density at radius 1 is 1.52 bits per heavy atom. The molecule has 2 aromatic heterocycles. The van der Waals surface area contributed by atoms with Gasteiger partial charge in [0.1, 0.15) is 5.49 Å². The molecule has 0 saturated carbocycles. The summed E-state index contributed by atoms with van der Waals surface area (Å²) in [4.78, 5) is 29.5. The minimum absolute atomic E-state index is 0.0447. The summed E-state index contributed by atoms with van der Waals surface area (Å²) in [6.45, 7) is 3.67. The maximum atomic E-state index is 14.4. The number of aromatic nitrogens is 3. The van der Waals surface area contributed by atoms with Gasteiger partial charge in [0.05, 0.1) is 24.2 Å². The second-order valence-electron chi connectivity index (χ2n) is 7.43. The smallest absolute Gasteiger partial charge is 0.234 e. The fourth-order valence-electron chi connectivity index (χ4n) is 3.77. The lowest BCUT2D eigenvalue weighted by Gasteiger charge is -2.36. The molecule has 29 heavy (non-hydrogen) atoms. The van der Waals surface area contributed by atoms with E-state index in [4.69, 9.17) is 17.3 Å². The average molecular weight is 420 g/mol. The number of amides is 1. The Morgan fingerprint density at radius 2 is 2.34 bits per heavy atom. The van der Waals surface area contributed by atoms with Crippen molar-refractivity contribution < 1.29 is 9.18 Å². The summed E-state index contributed by atoms with van der Waals surface area (Å²) in [5.41, 5.74) is 6.88. The number of halogens is 2. The second-order valence-corrected chi connectivity index (χ2v) is 8.00. The average Bonchev–Trinajstić information content (AvgIpc) is 3.12. The third-order valence-corrected chi connectivity index (χ3v) is 5.67. The third kappa shape index (κ3) is 4.11. The molecule has 2 aliphatic rings. The molecule has 4 heterocycles. The molecule has 0 bridgehead atoms. The fourth-order valence-corrected chi connectivity index (χ4v) is 3.96. The number of hydrogen-bond acceptors (Lipinski definition) is 6. The van der Waals surface area contributed by atoms with Crippen molar-refractivity contribution in [3.8, 4) is 11.4 Å². The summed E-state index contributed by atoms with van der Waals surface area (Å²) in [6.07, 6.45) is 6.55. The highest BCUT2D eigenvalue weighted by atomic mass is 35.5. The van der Waals surface area contributed by atoms with Crippen LogP contribution < -0.4 is 21.8 Å². The van der Waals surface area contributed by atoms with Crippen LogP contribution >= 0.6 is 11.6 Å². The van der Waals surface area contributed by atoms with Crippen LogP contribution in [0.5, 0.6) is 0 Å². The molecule has 2 aromatic rings. The molecule has 10 heteroatoms. The molecule has 1 saturated heterocycles. The number of likely N-dealkylation sites (tertiary alicyclic amines) is 1. The molecule has 4 N–H and O–H groups in total. The highest BCUT2D eigenvalue weighted by Crippen LogP contribution is 2.20. The summed E-state index contributed by atoms with van der Waals surface area (Å²) in [5, 5.41) is 3.80. The van der Waals surface area contributed by atoms with Gasteiger partial charge in [0.2, 0.25) is 5.91 Å². The van der Waals surface area contributed by atoms with E-state index in [0.717, 1.165) is 41.9 Å². The number of carbonyl (C=O) groups is 1. The number of aromatic amines is 1. The van der Waals surface area contributed by atoms with Gasteiger partial charge in [-0.2, -0.15) is 0 Å². The van der Waals surface area contributed by atoms with E-state index in [0.29, 0.717) is 18.9 Å². The van der Waals surface area contributed by atoms with Crippen molar-refractivity contribution in [1.82, 2.24) is 19.9 Å². The van der Waals surface area contributed by atoms with Gasteiger partial charge < -0.3 is 16.0 Å². The Kier molecular flexibility index (Phi) is 5.51. The number of alkyl halides is 1. The molecule has 0 aromatic carbocycles. The number of hydrogen-bond donors (Lipinski definition) is 3. The lowest BCUT2D eigenvalue weighted by atomic mass is 10.0. The lowest BCUT2D eigenvalue weighted by molar-refractivity contribution is -0.123. The van der Waals surface area contributed by atoms with E-state index in [-0.39, 0.29) is 29.2 Å². The molecular weight excluding hydrogens is 397 g/mol. The molecule has 2 aliphatic heterocycles. The van der Waals surface area contributed by atoms with Gasteiger partial charge in [-0.3, -0.25) is 14.7 Å². The van der Waals surface area contributed by atoms with Crippen LogP contribution in [0, 0.1) is 5.82 Å². The molecule has 1 amide bonds. The highest BCUT2D eigenvalue weighted by molar-refractivity contribution is 6.24. The lowest BCUT2D eigenvalue weighted by Crippen LogP contribution is -2.50. The Bertz CT molecular complexity index is 1040. The summed E-state index contributed by atoms with van der Waals surface area (Å²) < 4.78 is 14.4. The van der Waals surface area contributed by atoms with Crippen molar-refractivity contribution >= 4 is 29.4 Å². The van der Waals surface area contributed by atoms with Gasteiger partial charge >= 0.3 is 0 Å². The molecule has 0 aliphatic carbocycles. The molecule has 0 radical (unpaired) electrons. The number of primary amides is 1. The van der Waals surface area contributed by atoms with Crippen molar-refractivity contribution in [2.24, 2.45) is 10.7 Å². The Labute approximate surface area is 172 Å². The Morgan fingerprint density at radius 3 is 3.14 bits per heavy atom. The monoisotopic (exact) mass is 419 g/mol. The minimum Gasteiger partial charge on any atom is -0.368 e. The number of piperidine rings is 1. The van der Waals surface area contributed by atoms with Gasteiger partial charge in [-0.15, -0.1) is 11.6 Å². The van der Waals surface area contributed by atoms with Gasteiger partial charge in [0, 0.05) is 29.6 Å². The first-order valence-corrected chi connectivity index (χ1v) is 10.1. The predicted molar refractivity (Wildman–Crippen MR) is 108 cm³/mol. The Balaban J connectivity index is 1.58. The van der Waals surface area contributed by atoms with E-state index in [1.54, 1.807) is 13.1 Å². The SMILES string of the molecule is CC(C(N)=O)N1CCC[C@H](Nc2nc(-c3c[nH]c4c3=CC(Cl)CN=4)ncc2F)C1. The first-order chi connectivity index (χ1) is 13.9. The maximum absolute atomic E-state index is 14.4. The number of nitrogens with zero attached hydrogens (tertiary/aromatic N) is 4. The van der Waals surface area contributed by atoms with Crippen molar-refractivity contribution in [1.29, 1.82) is 0 Å². The first-order valence-electron chi connectivity index (χ1n) is 9.63. The molecule has 3 atom stereocenters. The minimum atomic E-state index is -0.526. The fraction of sp³-hybridized carbons (Fsp3) is 0.474. The molecular formula is C19H23ClFN7O. The predicted octanol–water partition coefficient (Wildman–Crippen LogP) is 0.382. The molecule has 0 spiro atoms. The number of H-pyrrole nitrogens is 1. The van der Waals surface area contributed by atoms with Crippen LogP contribution in [0.25, 0.3) is 17.5 Å². The Hall–Kier alpha value is -2.52. The zero-order chi connectivity index (χ0) is 20.5. The van der Waals surface area contributed by atoms with Gasteiger partial charge in [-0.25, -0.2) is 14.4 Å². The zero-order valence-corrected chi connectivity index (χ0v) is 16.8. The summed E-state index contributed by atoms with van der Waals surface area (Å²) >= 11 is 6.19. The number of nitrogens with two attached hydrogens (primary N) is 1. The molecule has 154 valence electrons. The number of fused-ring (bicyclic) bond motifs is 1. The molecule has 8 nitrogen and oxygen atoms in total. The van der Waals surface area contributed by atoms with Gasteiger partial charge in [-0.1, -0.05) is 6.08 Å². The van der Waals surface area contributed by atoms with E-state index in [1.807, 2.05) is 11.0 Å². The summed E-state index contributed by atoms with van der Waals surface area (Å²) in [5.74, 6) is -0.361. The zero-order valence-electron chi connectivity index (χ0n) is 16.0. The topological polar surface area (TPSA) is 112 Å². The quantitative estimate of drug-likeness (QED) is 0.606.